The highest BCUT2D eigenvalue weighted by molar-refractivity contribution is 9.10. The van der Waals surface area contributed by atoms with Crippen molar-refractivity contribution in [1.29, 1.82) is 0 Å². The van der Waals surface area contributed by atoms with Crippen molar-refractivity contribution < 1.29 is 24.0 Å². The molecule has 0 aromatic heterocycles. The molecule has 2 aromatic carbocycles. The summed E-state index contributed by atoms with van der Waals surface area (Å²) >= 11 is 3.34. The maximum absolute atomic E-state index is 12.1. The molecule has 2 aromatic rings. The number of non-ortho nitro benzene ring substituents is 1. The topological polar surface area (TPSA) is 99.0 Å². The van der Waals surface area contributed by atoms with Gasteiger partial charge >= 0.3 is 0 Å². The molecule has 0 aliphatic heterocycles. The molecule has 0 N–H and O–H groups in total. The predicted molar refractivity (Wildman–Crippen MR) is 101 cm³/mol. The molecule has 0 bridgehead atoms. The molecule has 0 heterocycles. The molecule has 27 heavy (non-hydrogen) atoms. The zero-order valence-electron chi connectivity index (χ0n) is 14.5. The van der Waals surface area contributed by atoms with Crippen LogP contribution in [0.15, 0.2) is 46.9 Å². The predicted octanol–water partition coefficient (Wildman–Crippen LogP) is 3.09. The van der Waals surface area contributed by atoms with E-state index in [2.05, 4.69) is 15.9 Å². The van der Waals surface area contributed by atoms with Crippen LogP contribution in [0.25, 0.3) is 0 Å². The molecule has 0 aliphatic carbocycles. The van der Waals surface area contributed by atoms with E-state index in [-0.39, 0.29) is 29.5 Å². The Labute approximate surface area is 164 Å². The second kappa shape index (κ2) is 9.67. The number of amides is 1. The van der Waals surface area contributed by atoms with E-state index in [1.54, 1.807) is 7.05 Å². The van der Waals surface area contributed by atoms with Gasteiger partial charge < -0.3 is 14.4 Å². The first-order chi connectivity index (χ1) is 12.9. The number of nitro groups is 1. The monoisotopic (exact) mass is 436 g/mol. The van der Waals surface area contributed by atoms with Gasteiger partial charge in [0.15, 0.2) is 12.9 Å². The summed E-state index contributed by atoms with van der Waals surface area (Å²) in [5.74, 6) is 0.491. The molecule has 9 heteroatoms. The molecule has 2 rings (SSSR count). The van der Waals surface area contributed by atoms with E-state index in [9.17, 15) is 19.7 Å². The van der Waals surface area contributed by atoms with Crippen LogP contribution in [-0.4, -0.2) is 48.8 Å². The molecular weight excluding hydrogens is 420 g/mol. The van der Waals surface area contributed by atoms with Crippen molar-refractivity contribution in [3.8, 4) is 11.5 Å². The molecule has 142 valence electrons. The summed E-state index contributed by atoms with van der Waals surface area (Å²) in [6, 6.07) is 10.9. The van der Waals surface area contributed by atoms with Gasteiger partial charge in [-0.05, 0) is 30.3 Å². The minimum atomic E-state index is -0.610. The van der Waals surface area contributed by atoms with E-state index in [4.69, 9.17) is 9.47 Å². The zero-order chi connectivity index (χ0) is 19.8. The number of halogens is 1. The number of benzene rings is 2. The van der Waals surface area contributed by atoms with Crippen LogP contribution in [0.1, 0.15) is 10.4 Å². The molecule has 0 radical (unpaired) electrons. The number of ether oxygens (including phenoxy) is 2. The third-order valence-electron chi connectivity index (χ3n) is 3.62. The molecule has 0 atom stereocenters. The number of nitro benzene ring substituents is 1. The van der Waals surface area contributed by atoms with Gasteiger partial charge in [-0.15, -0.1) is 0 Å². The molecule has 0 saturated carbocycles. The van der Waals surface area contributed by atoms with E-state index < -0.39 is 4.92 Å². The number of nitrogens with zero attached hydrogens (tertiary/aromatic N) is 2. The minimum Gasteiger partial charge on any atom is -0.492 e. The Hall–Kier alpha value is -2.94. The Bertz CT molecular complexity index is 825. The maximum atomic E-state index is 12.1. The van der Waals surface area contributed by atoms with Crippen molar-refractivity contribution in [3.63, 3.8) is 0 Å². The molecule has 0 unspecified atom stereocenters. The number of hydrogen-bond donors (Lipinski definition) is 0. The average molecular weight is 437 g/mol. The minimum absolute atomic E-state index is 0.0122. The van der Waals surface area contributed by atoms with Gasteiger partial charge in [0, 0.05) is 23.7 Å². The van der Waals surface area contributed by atoms with E-state index in [1.165, 1.54) is 17.0 Å². The summed E-state index contributed by atoms with van der Waals surface area (Å²) in [7, 11) is 1.60. The van der Waals surface area contributed by atoms with Crippen LogP contribution in [0.3, 0.4) is 0 Å². The molecule has 1 amide bonds. The molecule has 0 aliphatic rings. The van der Waals surface area contributed by atoms with Crippen molar-refractivity contribution in [2.24, 2.45) is 0 Å². The molecule has 0 spiro atoms. The van der Waals surface area contributed by atoms with Gasteiger partial charge in [0.25, 0.3) is 11.6 Å². The van der Waals surface area contributed by atoms with Crippen LogP contribution in [0, 0.1) is 10.1 Å². The lowest BCUT2D eigenvalue weighted by molar-refractivity contribution is -0.384. The molecule has 0 saturated heterocycles. The van der Waals surface area contributed by atoms with Gasteiger partial charge in [0.2, 0.25) is 0 Å². The number of aldehydes is 1. The molecule has 8 nitrogen and oxygen atoms in total. The molecule has 0 fully saturated rings. The van der Waals surface area contributed by atoms with Gasteiger partial charge in [0.1, 0.15) is 18.1 Å². The first kappa shape index (κ1) is 20.4. The molecular formula is C18H17BrN2O6. The Kier molecular flexibility index (Phi) is 7.30. The van der Waals surface area contributed by atoms with E-state index in [0.29, 0.717) is 25.2 Å². The van der Waals surface area contributed by atoms with Crippen LogP contribution in [0.4, 0.5) is 5.69 Å². The SMILES string of the molecule is CN(CCOc1ccc(Br)cc1)C(=O)COc1ccc([N+](=O)[O-])cc1C=O. The number of likely N-dealkylation sites (N-methyl/N-ethyl adjacent to an activating group) is 1. The summed E-state index contributed by atoms with van der Waals surface area (Å²) in [4.78, 5) is 34.7. The standard InChI is InChI=1S/C18H17BrN2O6/c1-20(8-9-26-16-5-2-14(19)3-6-16)18(23)12-27-17-7-4-15(21(24)25)10-13(17)11-22/h2-7,10-11H,8-9,12H2,1H3. The lowest BCUT2D eigenvalue weighted by Gasteiger charge is -2.18. The Morgan fingerprint density at radius 3 is 2.56 bits per heavy atom. The van der Waals surface area contributed by atoms with E-state index >= 15 is 0 Å². The Morgan fingerprint density at radius 2 is 1.93 bits per heavy atom. The number of carbonyl (C=O) groups excluding carboxylic acids is 2. The second-order valence-corrected chi connectivity index (χ2v) is 6.42. The first-order valence-corrected chi connectivity index (χ1v) is 8.68. The van der Waals surface area contributed by atoms with Crippen molar-refractivity contribution in [2.75, 3.05) is 26.8 Å². The van der Waals surface area contributed by atoms with E-state index in [1.807, 2.05) is 24.3 Å². The highest BCUT2D eigenvalue weighted by atomic mass is 79.9. The number of rotatable bonds is 9. The van der Waals surface area contributed by atoms with Crippen LogP contribution in [-0.2, 0) is 4.79 Å². The summed E-state index contributed by atoms with van der Waals surface area (Å²) in [5, 5.41) is 10.7. The summed E-state index contributed by atoms with van der Waals surface area (Å²) < 4.78 is 11.8. The maximum Gasteiger partial charge on any atom is 0.270 e. The van der Waals surface area contributed by atoms with Crippen LogP contribution >= 0.6 is 15.9 Å². The Morgan fingerprint density at radius 1 is 1.22 bits per heavy atom. The van der Waals surface area contributed by atoms with Gasteiger partial charge in [0.05, 0.1) is 17.0 Å². The zero-order valence-corrected chi connectivity index (χ0v) is 16.0. The third kappa shape index (κ3) is 6.07. The smallest absolute Gasteiger partial charge is 0.270 e. The van der Waals surface area contributed by atoms with Gasteiger partial charge in [-0.25, -0.2) is 0 Å². The summed E-state index contributed by atoms with van der Waals surface area (Å²) in [6.07, 6.45) is 0.447. The summed E-state index contributed by atoms with van der Waals surface area (Å²) in [6.45, 7) is 0.355. The average Bonchev–Trinajstić information content (AvgIpc) is 2.67. The third-order valence-corrected chi connectivity index (χ3v) is 4.15. The van der Waals surface area contributed by atoms with Crippen LogP contribution in [0.5, 0.6) is 11.5 Å². The number of carbonyl (C=O) groups is 2. The van der Waals surface area contributed by atoms with Gasteiger partial charge in [-0.2, -0.15) is 0 Å². The Balaban J connectivity index is 1.83. The lowest BCUT2D eigenvalue weighted by Crippen LogP contribution is -2.34. The largest absolute Gasteiger partial charge is 0.492 e. The fourth-order valence-corrected chi connectivity index (χ4v) is 2.34. The van der Waals surface area contributed by atoms with Crippen LogP contribution in [0.2, 0.25) is 0 Å². The highest BCUT2D eigenvalue weighted by Crippen LogP contribution is 2.22. The summed E-state index contributed by atoms with van der Waals surface area (Å²) in [5.41, 5.74) is -0.212. The lowest BCUT2D eigenvalue weighted by atomic mass is 10.2. The highest BCUT2D eigenvalue weighted by Gasteiger charge is 2.14. The van der Waals surface area contributed by atoms with Gasteiger partial charge in [-0.1, -0.05) is 15.9 Å². The fourth-order valence-electron chi connectivity index (χ4n) is 2.08. The normalized spacial score (nSPS) is 10.1. The number of hydrogen-bond acceptors (Lipinski definition) is 6. The van der Waals surface area contributed by atoms with Crippen molar-refractivity contribution in [2.45, 2.75) is 0 Å². The quantitative estimate of drug-likeness (QED) is 0.340. The van der Waals surface area contributed by atoms with E-state index in [0.717, 1.165) is 10.5 Å². The fraction of sp³-hybridized carbons (Fsp3) is 0.222. The first-order valence-electron chi connectivity index (χ1n) is 7.89. The van der Waals surface area contributed by atoms with Crippen molar-refractivity contribution in [1.82, 2.24) is 4.90 Å². The van der Waals surface area contributed by atoms with Crippen LogP contribution < -0.4 is 9.47 Å². The van der Waals surface area contributed by atoms with Gasteiger partial charge in [-0.3, -0.25) is 19.7 Å². The van der Waals surface area contributed by atoms with Crippen molar-refractivity contribution in [3.05, 3.63) is 62.6 Å². The van der Waals surface area contributed by atoms with Crippen molar-refractivity contribution >= 4 is 33.8 Å². The second-order valence-electron chi connectivity index (χ2n) is 5.50.